The number of carbonyl (C=O) groups excluding carboxylic acids is 1. The second-order valence-electron chi connectivity index (χ2n) is 5.07. The molecule has 1 fully saturated rings. The Morgan fingerprint density at radius 3 is 2.71 bits per heavy atom. The van der Waals surface area contributed by atoms with E-state index in [-0.39, 0.29) is 28.2 Å². The second kappa shape index (κ2) is 6.32. The number of rotatable bonds is 4. The number of hydrogen-bond acceptors (Lipinski definition) is 4. The van der Waals surface area contributed by atoms with E-state index in [0.717, 1.165) is 13.0 Å². The maximum absolute atomic E-state index is 12.2. The Bertz CT molecular complexity index is 576. The van der Waals surface area contributed by atoms with Crippen molar-refractivity contribution in [2.45, 2.75) is 6.42 Å². The first-order chi connectivity index (χ1) is 9.92. The lowest BCUT2D eigenvalue weighted by Crippen LogP contribution is -2.25. The number of halogens is 1. The van der Waals surface area contributed by atoms with Crippen molar-refractivity contribution in [1.82, 2.24) is 4.90 Å². The number of benzene rings is 1. The Hall–Kier alpha value is -1.79. The van der Waals surface area contributed by atoms with Gasteiger partial charge in [0.2, 0.25) is 5.91 Å². The molecule has 0 radical (unpaired) electrons. The topological polar surface area (TPSA) is 78.9 Å². The monoisotopic (exact) mass is 312 g/mol. The minimum absolute atomic E-state index is 0.0406. The van der Waals surface area contributed by atoms with E-state index in [4.69, 9.17) is 21.4 Å². The van der Waals surface area contributed by atoms with Gasteiger partial charge in [-0.25, -0.2) is 4.79 Å². The van der Waals surface area contributed by atoms with E-state index in [9.17, 15) is 9.59 Å². The maximum atomic E-state index is 12.2. The molecule has 2 N–H and O–H groups in total. The SMILES string of the molecule is COc1cc(NC(=O)C2CCN(C)C2)c(Cl)cc1C(=O)O. The van der Waals surface area contributed by atoms with Crippen LogP contribution < -0.4 is 10.1 Å². The molecule has 21 heavy (non-hydrogen) atoms. The number of amides is 1. The molecule has 0 spiro atoms. The fourth-order valence-electron chi connectivity index (χ4n) is 2.37. The highest BCUT2D eigenvalue weighted by atomic mass is 35.5. The van der Waals surface area contributed by atoms with Crippen molar-refractivity contribution in [2.75, 3.05) is 32.6 Å². The van der Waals surface area contributed by atoms with E-state index >= 15 is 0 Å². The zero-order valence-electron chi connectivity index (χ0n) is 11.9. The van der Waals surface area contributed by atoms with Crippen LogP contribution in [0.5, 0.6) is 5.75 Å². The van der Waals surface area contributed by atoms with Crippen LogP contribution in [-0.4, -0.2) is 49.1 Å². The molecule has 1 aromatic rings. The summed E-state index contributed by atoms with van der Waals surface area (Å²) in [7, 11) is 3.33. The summed E-state index contributed by atoms with van der Waals surface area (Å²) in [6.07, 6.45) is 0.796. The van der Waals surface area contributed by atoms with Gasteiger partial charge in [-0.1, -0.05) is 11.6 Å². The predicted octanol–water partition coefficient (Wildman–Crippen LogP) is 1.94. The largest absolute Gasteiger partial charge is 0.496 e. The van der Waals surface area contributed by atoms with Crippen LogP contribution >= 0.6 is 11.6 Å². The summed E-state index contributed by atoms with van der Waals surface area (Å²) in [4.78, 5) is 25.3. The Morgan fingerprint density at radius 1 is 1.48 bits per heavy atom. The normalized spacial score (nSPS) is 18.5. The highest BCUT2D eigenvalue weighted by Gasteiger charge is 2.27. The number of carboxylic acids is 1. The van der Waals surface area contributed by atoms with Gasteiger partial charge in [0, 0.05) is 12.6 Å². The van der Waals surface area contributed by atoms with E-state index < -0.39 is 5.97 Å². The van der Waals surface area contributed by atoms with Crippen LogP contribution in [0.2, 0.25) is 5.02 Å². The Balaban J connectivity index is 2.20. The van der Waals surface area contributed by atoms with E-state index in [1.165, 1.54) is 19.2 Å². The van der Waals surface area contributed by atoms with Crippen molar-refractivity contribution in [1.29, 1.82) is 0 Å². The van der Waals surface area contributed by atoms with Gasteiger partial charge in [0.1, 0.15) is 11.3 Å². The van der Waals surface area contributed by atoms with Gasteiger partial charge in [0.25, 0.3) is 0 Å². The molecule has 7 heteroatoms. The zero-order chi connectivity index (χ0) is 15.6. The summed E-state index contributed by atoms with van der Waals surface area (Å²) in [5.74, 6) is -1.18. The van der Waals surface area contributed by atoms with Crippen molar-refractivity contribution < 1.29 is 19.4 Å². The molecular weight excluding hydrogens is 296 g/mol. The summed E-state index contributed by atoms with van der Waals surface area (Å²) in [6, 6.07) is 2.71. The summed E-state index contributed by atoms with van der Waals surface area (Å²) < 4.78 is 5.03. The van der Waals surface area contributed by atoms with Gasteiger partial charge >= 0.3 is 5.97 Å². The minimum atomic E-state index is -1.14. The lowest BCUT2D eigenvalue weighted by Gasteiger charge is -2.14. The fraction of sp³-hybridized carbons (Fsp3) is 0.429. The standard InChI is InChI=1S/C14H17ClN2O4/c1-17-4-3-8(7-17)13(18)16-11-6-12(21-2)9(14(19)20)5-10(11)15/h5-6,8H,3-4,7H2,1-2H3,(H,16,18)(H,19,20). The molecule has 1 unspecified atom stereocenters. The number of methoxy groups -OCH3 is 1. The zero-order valence-corrected chi connectivity index (χ0v) is 12.6. The van der Waals surface area contributed by atoms with E-state index in [1.54, 1.807) is 0 Å². The van der Waals surface area contributed by atoms with Crippen molar-refractivity contribution in [2.24, 2.45) is 5.92 Å². The third-order valence-electron chi connectivity index (χ3n) is 3.54. The third-order valence-corrected chi connectivity index (χ3v) is 3.85. The molecule has 114 valence electrons. The van der Waals surface area contributed by atoms with Crippen LogP contribution in [0, 0.1) is 5.92 Å². The van der Waals surface area contributed by atoms with Crippen molar-refractivity contribution in [3.05, 3.63) is 22.7 Å². The van der Waals surface area contributed by atoms with Crippen LogP contribution in [-0.2, 0) is 4.79 Å². The molecular formula is C14H17ClN2O4. The molecule has 1 aliphatic heterocycles. The number of anilines is 1. The van der Waals surface area contributed by atoms with Crippen LogP contribution in [0.1, 0.15) is 16.8 Å². The van der Waals surface area contributed by atoms with Gasteiger partial charge in [-0.05, 0) is 26.1 Å². The summed E-state index contributed by atoms with van der Waals surface area (Å²) in [5, 5.41) is 12.0. The predicted molar refractivity (Wildman–Crippen MR) is 79.2 cm³/mol. The van der Waals surface area contributed by atoms with E-state index in [2.05, 4.69) is 10.2 Å². The van der Waals surface area contributed by atoms with Gasteiger partial charge in [-0.3, -0.25) is 4.79 Å². The summed E-state index contributed by atoms with van der Waals surface area (Å²) in [6.45, 7) is 1.58. The van der Waals surface area contributed by atoms with Crippen LogP contribution in [0.25, 0.3) is 0 Å². The Morgan fingerprint density at radius 2 is 2.19 bits per heavy atom. The van der Waals surface area contributed by atoms with E-state index in [0.29, 0.717) is 12.2 Å². The van der Waals surface area contributed by atoms with Gasteiger partial charge in [-0.15, -0.1) is 0 Å². The number of ether oxygens (including phenoxy) is 1. The number of hydrogen-bond donors (Lipinski definition) is 2. The van der Waals surface area contributed by atoms with Crippen molar-refractivity contribution in [3.8, 4) is 5.75 Å². The van der Waals surface area contributed by atoms with Gasteiger partial charge in [0.05, 0.1) is 23.7 Å². The van der Waals surface area contributed by atoms with Crippen LogP contribution in [0.3, 0.4) is 0 Å². The quantitative estimate of drug-likeness (QED) is 0.888. The second-order valence-corrected chi connectivity index (χ2v) is 5.48. The van der Waals surface area contributed by atoms with Gasteiger partial charge in [0.15, 0.2) is 0 Å². The van der Waals surface area contributed by atoms with Crippen molar-refractivity contribution in [3.63, 3.8) is 0 Å². The molecule has 1 heterocycles. The molecule has 1 aliphatic rings. The summed E-state index contributed by atoms with van der Waals surface area (Å²) in [5.41, 5.74) is 0.319. The number of carboxylic acid groups (broad SMARTS) is 1. The first kappa shape index (κ1) is 15.6. The maximum Gasteiger partial charge on any atom is 0.339 e. The van der Waals surface area contributed by atoms with Crippen LogP contribution in [0.4, 0.5) is 5.69 Å². The average Bonchev–Trinajstić information content (AvgIpc) is 2.87. The number of aromatic carboxylic acids is 1. The fourth-order valence-corrected chi connectivity index (χ4v) is 2.58. The first-order valence-electron chi connectivity index (χ1n) is 6.52. The third kappa shape index (κ3) is 3.46. The minimum Gasteiger partial charge on any atom is -0.496 e. The Labute approximate surface area is 127 Å². The van der Waals surface area contributed by atoms with Crippen LogP contribution in [0.15, 0.2) is 12.1 Å². The Kier molecular flexibility index (Phi) is 4.69. The number of nitrogens with zero attached hydrogens (tertiary/aromatic N) is 1. The highest BCUT2D eigenvalue weighted by Crippen LogP contribution is 2.31. The average molecular weight is 313 g/mol. The number of carbonyl (C=O) groups is 2. The van der Waals surface area contributed by atoms with Gasteiger partial charge < -0.3 is 20.1 Å². The molecule has 1 aromatic carbocycles. The molecule has 1 atom stereocenters. The van der Waals surface area contributed by atoms with Crippen molar-refractivity contribution >= 4 is 29.2 Å². The molecule has 0 aromatic heterocycles. The molecule has 0 saturated carbocycles. The summed E-state index contributed by atoms with van der Waals surface area (Å²) >= 11 is 6.04. The number of nitrogens with one attached hydrogen (secondary N) is 1. The molecule has 2 rings (SSSR count). The molecule has 0 aliphatic carbocycles. The lowest BCUT2D eigenvalue weighted by molar-refractivity contribution is -0.119. The van der Waals surface area contributed by atoms with Gasteiger partial charge in [-0.2, -0.15) is 0 Å². The first-order valence-corrected chi connectivity index (χ1v) is 6.90. The molecule has 6 nitrogen and oxygen atoms in total. The lowest BCUT2D eigenvalue weighted by atomic mass is 10.1. The van der Waals surface area contributed by atoms with E-state index in [1.807, 2.05) is 7.05 Å². The molecule has 0 bridgehead atoms. The highest BCUT2D eigenvalue weighted by molar-refractivity contribution is 6.34. The molecule has 1 amide bonds. The smallest absolute Gasteiger partial charge is 0.339 e. The molecule has 1 saturated heterocycles. The number of likely N-dealkylation sites (tertiary alicyclic amines) is 1.